The molecule has 98 valence electrons. The Labute approximate surface area is 104 Å². The van der Waals surface area contributed by atoms with E-state index in [1.165, 1.54) is 12.8 Å². The van der Waals surface area contributed by atoms with Crippen molar-refractivity contribution in [3.05, 3.63) is 0 Å². The van der Waals surface area contributed by atoms with Crippen LogP contribution in [0.2, 0.25) is 0 Å². The van der Waals surface area contributed by atoms with Crippen molar-refractivity contribution in [2.45, 2.75) is 39.2 Å². The van der Waals surface area contributed by atoms with E-state index in [0.29, 0.717) is 12.0 Å². The lowest BCUT2D eigenvalue weighted by Gasteiger charge is -2.52. The second kappa shape index (κ2) is 4.58. The summed E-state index contributed by atoms with van der Waals surface area (Å²) in [6, 6.07) is 0. The zero-order chi connectivity index (χ0) is 12.5. The van der Waals surface area contributed by atoms with Crippen molar-refractivity contribution < 1.29 is 9.53 Å². The van der Waals surface area contributed by atoms with E-state index >= 15 is 0 Å². The molecule has 2 fully saturated rings. The molecule has 0 atom stereocenters. The molecule has 2 saturated heterocycles. The smallest absolute Gasteiger partial charge is 0.320 e. The maximum atomic E-state index is 11.7. The first-order chi connectivity index (χ1) is 7.89. The molecule has 0 aromatic rings. The molecule has 2 aliphatic heterocycles. The van der Waals surface area contributed by atoms with Gasteiger partial charge in [-0.15, -0.1) is 0 Å². The van der Waals surface area contributed by atoms with Crippen molar-refractivity contribution in [2.75, 3.05) is 32.7 Å². The van der Waals surface area contributed by atoms with Crippen LogP contribution in [0.3, 0.4) is 0 Å². The molecule has 1 N–H and O–H groups in total. The number of piperidine rings is 1. The lowest BCUT2D eigenvalue weighted by atomic mass is 9.72. The number of carbonyl (C=O) groups excluding carboxylic acids is 1. The number of ether oxygens (including phenoxy) is 1. The number of nitrogens with zero attached hydrogens (tertiary/aromatic N) is 1. The summed E-state index contributed by atoms with van der Waals surface area (Å²) in [4.78, 5) is 13.9. The van der Waals surface area contributed by atoms with Crippen LogP contribution in [0.25, 0.3) is 0 Å². The summed E-state index contributed by atoms with van der Waals surface area (Å²) in [7, 11) is 0. The van der Waals surface area contributed by atoms with E-state index in [1.54, 1.807) is 0 Å². The number of hydrogen-bond donors (Lipinski definition) is 1. The highest BCUT2D eigenvalue weighted by atomic mass is 16.6. The Morgan fingerprint density at radius 1 is 1.29 bits per heavy atom. The third-order valence-corrected chi connectivity index (χ3v) is 3.55. The predicted molar refractivity (Wildman–Crippen MR) is 66.8 cm³/mol. The molecule has 0 saturated carbocycles. The normalized spacial score (nSPS) is 24.4. The molecule has 2 heterocycles. The Bertz CT molecular complexity index is 282. The Hall–Kier alpha value is -0.610. The Balaban J connectivity index is 1.71. The molecule has 0 aliphatic carbocycles. The van der Waals surface area contributed by atoms with E-state index in [1.807, 2.05) is 20.8 Å². The van der Waals surface area contributed by atoms with Crippen LogP contribution in [-0.4, -0.2) is 49.2 Å². The van der Waals surface area contributed by atoms with Gasteiger partial charge in [-0.2, -0.15) is 0 Å². The molecule has 0 unspecified atom stereocenters. The summed E-state index contributed by atoms with van der Waals surface area (Å²) in [6.07, 6.45) is 2.50. The molecular formula is C13H24N2O2. The standard InChI is InChI=1S/C13H24N2O2/c1-12(2,3)17-11(16)8-15-9-13(10-15)4-6-14-7-5-13/h14H,4-10H2,1-3H3. The number of carbonyl (C=O) groups is 1. The molecule has 4 nitrogen and oxygen atoms in total. The van der Waals surface area contributed by atoms with Crippen molar-refractivity contribution >= 4 is 5.97 Å². The van der Waals surface area contributed by atoms with Crippen LogP contribution in [0.4, 0.5) is 0 Å². The first kappa shape index (κ1) is 12.8. The zero-order valence-corrected chi connectivity index (χ0v) is 11.2. The molecule has 2 aliphatic rings. The van der Waals surface area contributed by atoms with Gasteiger partial charge in [0.15, 0.2) is 0 Å². The fraction of sp³-hybridized carbons (Fsp3) is 0.923. The Morgan fingerprint density at radius 2 is 1.88 bits per heavy atom. The quantitative estimate of drug-likeness (QED) is 0.732. The molecule has 0 bridgehead atoms. The summed E-state index contributed by atoms with van der Waals surface area (Å²) in [5.41, 5.74) is 0.127. The minimum absolute atomic E-state index is 0.0960. The van der Waals surface area contributed by atoms with Crippen LogP contribution in [0.15, 0.2) is 0 Å². The largest absolute Gasteiger partial charge is 0.459 e. The van der Waals surface area contributed by atoms with Crippen molar-refractivity contribution in [1.29, 1.82) is 0 Å². The maximum absolute atomic E-state index is 11.7. The van der Waals surface area contributed by atoms with Gasteiger partial charge in [0, 0.05) is 13.1 Å². The van der Waals surface area contributed by atoms with Gasteiger partial charge in [-0.3, -0.25) is 9.69 Å². The van der Waals surface area contributed by atoms with Crippen molar-refractivity contribution in [3.8, 4) is 0 Å². The second-order valence-corrected chi connectivity index (χ2v) is 6.48. The van der Waals surface area contributed by atoms with Gasteiger partial charge in [0.25, 0.3) is 0 Å². The minimum Gasteiger partial charge on any atom is -0.459 e. The third-order valence-electron chi connectivity index (χ3n) is 3.55. The Morgan fingerprint density at radius 3 is 2.41 bits per heavy atom. The average Bonchev–Trinajstić information content (AvgIpc) is 2.13. The number of likely N-dealkylation sites (tertiary alicyclic amines) is 1. The Kier molecular flexibility index (Phi) is 3.46. The highest BCUT2D eigenvalue weighted by Gasteiger charge is 2.43. The number of nitrogens with one attached hydrogen (secondary N) is 1. The molecule has 0 radical (unpaired) electrons. The first-order valence-corrected chi connectivity index (χ1v) is 6.54. The van der Waals surface area contributed by atoms with Gasteiger partial charge in [0.1, 0.15) is 5.60 Å². The summed E-state index contributed by atoms with van der Waals surface area (Å²) in [5, 5.41) is 3.38. The van der Waals surface area contributed by atoms with Crippen LogP contribution < -0.4 is 5.32 Å². The van der Waals surface area contributed by atoms with Crippen LogP contribution in [0, 0.1) is 5.41 Å². The average molecular weight is 240 g/mol. The minimum atomic E-state index is -0.367. The highest BCUT2D eigenvalue weighted by molar-refractivity contribution is 5.72. The van der Waals surface area contributed by atoms with E-state index in [2.05, 4.69) is 10.2 Å². The highest BCUT2D eigenvalue weighted by Crippen LogP contribution is 2.38. The maximum Gasteiger partial charge on any atom is 0.320 e. The summed E-state index contributed by atoms with van der Waals surface area (Å²) in [5.74, 6) is -0.0960. The molecular weight excluding hydrogens is 216 g/mol. The third kappa shape index (κ3) is 3.42. The van der Waals surface area contributed by atoms with Gasteiger partial charge in [-0.05, 0) is 52.1 Å². The van der Waals surface area contributed by atoms with Gasteiger partial charge < -0.3 is 10.1 Å². The molecule has 2 rings (SSSR count). The van der Waals surface area contributed by atoms with E-state index in [9.17, 15) is 4.79 Å². The second-order valence-electron chi connectivity index (χ2n) is 6.48. The monoisotopic (exact) mass is 240 g/mol. The van der Waals surface area contributed by atoms with Gasteiger partial charge in [0.05, 0.1) is 6.54 Å². The van der Waals surface area contributed by atoms with Crippen molar-refractivity contribution in [2.24, 2.45) is 5.41 Å². The van der Waals surface area contributed by atoms with Crippen LogP contribution in [0.1, 0.15) is 33.6 Å². The predicted octanol–water partition coefficient (Wildman–Crippen LogP) is 1.01. The van der Waals surface area contributed by atoms with Crippen molar-refractivity contribution in [1.82, 2.24) is 10.2 Å². The molecule has 4 heteroatoms. The SMILES string of the molecule is CC(C)(C)OC(=O)CN1CC2(CCNCC2)C1. The fourth-order valence-corrected chi connectivity index (χ4v) is 2.84. The lowest BCUT2D eigenvalue weighted by Crippen LogP contribution is -2.61. The van der Waals surface area contributed by atoms with Crippen LogP contribution >= 0.6 is 0 Å². The van der Waals surface area contributed by atoms with Gasteiger partial charge in [0.2, 0.25) is 0 Å². The van der Waals surface area contributed by atoms with Crippen LogP contribution in [0.5, 0.6) is 0 Å². The van der Waals surface area contributed by atoms with E-state index < -0.39 is 0 Å². The fourth-order valence-electron chi connectivity index (χ4n) is 2.84. The van der Waals surface area contributed by atoms with E-state index in [0.717, 1.165) is 26.2 Å². The van der Waals surface area contributed by atoms with Gasteiger partial charge >= 0.3 is 5.97 Å². The van der Waals surface area contributed by atoms with E-state index in [-0.39, 0.29) is 11.6 Å². The molecule has 17 heavy (non-hydrogen) atoms. The summed E-state index contributed by atoms with van der Waals surface area (Å²) >= 11 is 0. The first-order valence-electron chi connectivity index (χ1n) is 6.54. The van der Waals surface area contributed by atoms with Gasteiger partial charge in [-0.1, -0.05) is 0 Å². The summed E-state index contributed by atoms with van der Waals surface area (Å²) < 4.78 is 5.33. The number of rotatable bonds is 2. The molecule has 1 spiro atoms. The molecule has 0 aromatic carbocycles. The number of esters is 1. The molecule has 0 aromatic heterocycles. The van der Waals surface area contributed by atoms with Crippen LogP contribution in [-0.2, 0) is 9.53 Å². The van der Waals surface area contributed by atoms with E-state index in [4.69, 9.17) is 4.74 Å². The lowest BCUT2D eigenvalue weighted by molar-refractivity contribution is -0.160. The van der Waals surface area contributed by atoms with Crippen molar-refractivity contribution in [3.63, 3.8) is 0 Å². The molecule has 0 amide bonds. The number of hydrogen-bond acceptors (Lipinski definition) is 4. The topological polar surface area (TPSA) is 41.6 Å². The summed E-state index contributed by atoms with van der Waals surface area (Å²) in [6.45, 7) is 10.6. The van der Waals surface area contributed by atoms with Gasteiger partial charge in [-0.25, -0.2) is 0 Å². The zero-order valence-electron chi connectivity index (χ0n) is 11.2.